The number of carbonyl (C=O) groups is 2. The molecule has 3 aliphatic rings. The number of fused-ring (bicyclic) bond motifs is 1. The summed E-state index contributed by atoms with van der Waals surface area (Å²) in [7, 11) is 0. The van der Waals surface area contributed by atoms with Crippen molar-refractivity contribution in [1.29, 1.82) is 0 Å². The number of nitrogens with one attached hydrogen (secondary N) is 3. The van der Waals surface area contributed by atoms with Crippen molar-refractivity contribution < 1.29 is 14.3 Å². The highest BCUT2D eigenvalue weighted by atomic mass is 16.5. The quantitative estimate of drug-likeness (QED) is 0.261. The van der Waals surface area contributed by atoms with Crippen LogP contribution in [-0.4, -0.2) is 79.2 Å². The van der Waals surface area contributed by atoms with E-state index in [1.807, 2.05) is 12.1 Å². The number of H-pyrrole nitrogens is 2. The number of ether oxygens (including phenoxy) is 1. The van der Waals surface area contributed by atoms with Gasteiger partial charge in [-0.05, 0) is 67.5 Å². The fraction of sp³-hybridized carbons (Fsp3) is 0.370. The summed E-state index contributed by atoms with van der Waals surface area (Å²) in [6.45, 7) is 3.15. The third kappa shape index (κ3) is 4.07. The molecule has 3 N–H and O–H groups in total. The van der Waals surface area contributed by atoms with Gasteiger partial charge in [-0.25, -0.2) is 4.98 Å². The first-order valence-corrected chi connectivity index (χ1v) is 13.2. The van der Waals surface area contributed by atoms with Crippen LogP contribution in [0.2, 0.25) is 0 Å². The van der Waals surface area contributed by atoms with E-state index >= 15 is 0 Å². The number of nitrogens with zero attached hydrogens (tertiary/aromatic N) is 6. The summed E-state index contributed by atoms with van der Waals surface area (Å²) >= 11 is 0. The number of ketones is 2. The molecule has 1 atom stereocenters. The van der Waals surface area contributed by atoms with Gasteiger partial charge in [-0.1, -0.05) is 0 Å². The number of rotatable bonds is 5. The fourth-order valence-electron chi connectivity index (χ4n) is 6.07. The minimum Gasteiger partial charge on any atom is -0.485 e. The van der Waals surface area contributed by atoms with Gasteiger partial charge in [-0.3, -0.25) is 14.7 Å². The van der Waals surface area contributed by atoms with E-state index < -0.39 is 11.5 Å². The normalized spacial score (nSPS) is 20.2. The van der Waals surface area contributed by atoms with Crippen molar-refractivity contribution in [3.8, 4) is 28.5 Å². The van der Waals surface area contributed by atoms with E-state index in [0.29, 0.717) is 60.0 Å². The van der Waals surface area contributed by atoms with Crippen LogP contribution >= 0.6 is 0 Å². The van der Waals surface area contributed by atoms with E-state index in [1.54, 1.807) is 24.3 Å². The average molecular weight is 526 g/mol. The van der Waals surface area contributed by atoms with Gasteiger partial charge in [-0.2, -0.15) is 10.3 Å². The van der Waals surface area contributed by atoms with E-state index in [-0.39, 0.29) is 11.6 Å². The van der Waals surface area contributed by atoms with Crippen LogP contribution in [0.3, 0.4) is 0 Å². The number of aromatic nitrogens is 7. The SMILES string of the molecule is O=C(c1cc(-c2ncn[nH]2)cc(N2CCCC2)c1)[C@@H]1C(=O)c2cc(-c3nn[nH]n3)ccc2OC12CCNCC2. The van der Waals surface area contributed by atoms with Crippen molar-refractivity contribution >= 4 is 17.3 Å². The molecule has 12 heteroatoms. The minimum absolute atomic E-state index is 0.249. The summed E-state index contributed by atoms with van der Waals surface area (Å²) in [5.74, 6) is -0.0790. The Labute approximate surface area is 223 Å². The Morgan fingerprint density at radius 2 is 1.90 bits per heavy atom. The molecule has 0 radical (unpaired) electrons. The maximum Gasteiger partial charge on any atom is 0.204 e. The standard InChI is InChI=1S/C27H27N9O3/c37-23(17-11-18(25-29-15-30-31-25)13-19(12-17)36-9-1-2-10-36)22-24(38)20-14-16(26-32-34-35-33-26)3-4-21(20)39-27(22)5-7-28-8-6-27/h3-4,11-15,22,28H,1-2,5-10H2,(H,29,30,31)(H,32,33,34,35)/t22-/m1/s1. The molecule has 0 aliphatic carbocycles. The second-order valence-corrected chi connectivity index (χ2v) is 10.3. The highest BCUT2D eigenvalue weighted by Gasteiger charge is 2.54. The maximum absolute atomic E-state index is 14.5. The first-order chi connectivity index (χ1) is 19.1. The smallest absolute Gasteiger partial charge is 0.204 e. The van der Waals surface area contributed by atoms with Crippen LogP contribution < -0.4 is 15.0 Å². The van der Waals surface area contributed by atoms with Crippen LogP contribution in [-0.2, 0) is 0 Å². The summed E-state index contributed by atoms with van der Waals surface area (Å²) in [6, 6.07) is 11.0. The van der Waals surface area contributed by atoms with Gasteiger partial charge in [0.1, 0.15) is 23.6 Å². The first kappa shape index (κ1) is 23.7. The number of hydrogen-bond donors (Lipinski definition) is 3. The molecular weight excluding hydrogens is 498 g/mol. The number of carbonyl (C=O) groups excluding carboxylic acids is 2. The molecule has 1 spiro atoms. The second-order valence-electron chi connectivity index (χ2n) is 10.3. The lowest BCUT2D eigenvalue weighted by Crippen LogP contribution is -2.58. The van der Waals surface area contributed by atoms with Gasteiger partial charge in [0, 0.05) is 48.3 Å². The Kier molecular flexibility index (Phi) is 5.69. The van der Waals surface area contributed by atoms with Crippen LogP contribution in [0, 0.1) is 5.92 Å². The zero-order valence-corrected chi connectivity index (χ0v) is 21.2. The number of piperidine rings is 1. The number of anilines is 1. The average Bonchev–Trinajstić information content (AvgIpc) is 3.77. The summed E-state index contributed by atoms with van der Waals surface area (Å²) in [4.78, 5) is 35.3. The van der Waals surface area contributed by atoms with E-state index in [2.05, 4.69) is 46.0 Å². The number of aromatic amines is 2. The molecule has 12 nitrogen and oxygen atoms in total. The van der Waals surface area contributed by atoms with E-state index in [1.165, 1.54) is 6.33 Å². The number of Topliss-reactive ketones (excluding diaryl/α,β-unsaturated/α-hetero) is 2. The van der Waals surface area contributed by atoms with Crippen molar-refractivity contribution in [1.82, 2.24) is 41.1 Å². The Bertz CT molecular complexity index is 1520. The van der Waals surface area contributed by atoms with Crippen molar-refractivity contribution in [2.24, 2.45) is 5.92 Å². The summed E-state index contributed by atoms with van der Waals surface area (Å²) in [5.41, 5.74) is 2.19. The zero-order chi connectivity index (χ0) is 26.4. The molecule has 2 aromatic heterocycles. The third-order valence-electron chi connectivity index (χ3n) is 8.02. The molecule has 2 saturated heterocycles. The minimum atomic E-state index is -0.996. The molecule has 39 heavy (non-hydrogen) atoms. The molecule has 2 aromatic carbocycles. The monoisotopic (exact) mass is 525 g/mol. The van der Waals surface area contributed by atoms with Crippen LogP contribution in [0.25, 0.3) is 22.8 Å². The molecule has 0 saturated carbocycles. The first-order valence-electron chi connectivity index (χ1n) is 13.2. The Hall–Kier alpha value is -4.45. The number of hydrogen-bond acceptors (Lipinski definition) is 10. The van der Waals surface area contributed by atoms with Gasteiger partial charge in [0.05, 0.1) is 5.56 Å². The summed E-state index contributed by atoms with van der Waals surface area (Å²) in [6.07, 6.45) is 4.73. The van der Waals surface area contributed by atoms with Crippen molar-refractivity contribution in [3.63, 3.8) is 0 Å². The van der Waals surface area contributed by atoms with Gasteiger partial charge < -0.3 is 15.0 Å². The molecule has 4 aromatic rings. The van der Waals surface area contributed by atoms with Crippen LogP contribution in [0.4, 0.5) is 5.69 Å². The molecule has 0 bridgehead atoms. The van der Waals surface area contributed by atoms with Crippen molar-refractivity contribution in [3.05, 3.63) is 53.9 Å². The summed E-state index contributed by atoms with van der Waals surface area (Å²) < 4.78 is 6.61. The van der Waals surface area contributed by atoms with E-state index in [9.17, 15) is 9.59 Å². The van der Waals surface area contributed by atoms with Crippen LogP contribution in [0.1, 0.15) is 46.4 Å². The zero-order valence-electron chi connectivity index (χ0n) is 21.2. The third-order valence-corrected chi connectivity index (χ3v) is 8.02. The number of tetrazole rings is 1. The van der Waals surface area contributed by atoms with Crippen molar-refractivity contribution in [2.45, 2.75) is 31.3 Å². The molecule has 2 fully saturated rings. The lowest BCUT2D eigenvalue weighted by molar-refractivity contribution is -0.0138. The predicted molar refractivity (Wildman–Crippen MR) is 140 cm³/mol. The van der Waals surface area contributed by atoms with Gasteiger partial charge >= 0.3 is 0 Å². The highest BCUT2D eigenvalue weighted by molar-refractivity contribution is 6.19. The van der Waals surface area contributed by atoms with Gasteiger partial charge in [0.2, 0.25) is 5.82 Å². The fourth-order valence-corrected chi connectivity index (χ4v) is 6.07. The van der Waals surface area contributed by atoms with E-state index in [4.69, 9.17) is 4.74 Å². The predicted octanol–water partition coefficient (Wildman–Crippen LogP) is 2.45. The van der Waals surface area contributed by atoms with E-state index in [0.717, 1.165) is 37.2 Å². The van der Waals surface area contributed by atoms with Gasteiger partial charge in [-0.15, -0.1) is 10.2 Å². The molecule has 5 heterocycles. The van der Waals surface area contributed by atoms with Gasteiger partial charge in [0.25, 0.3) is 0 Å². The largest absolute Gasteiger partial charge is 0.485 e. The number of benzene rings is 2. The summed E-state index contributed by atoms with van der Waals surface area (Å²) in [5, 5.41) is 24.4. The maximum atomic E-state index is 14.5. The Morgan fingerprint density at radius 1 is 1.05 bits per heavy atom. The molecule has 0 unspecified atom stereocenters. The topological polar surface area (TPSA) is 155 Å². The Morgan fingerprint density at radius 3 is 2.64 bits per heavy atom. The lowest BCUT2D eigenvalue weighted by Gasteiger charge is -2.45. The Balaban J connectivity index is 1.33. The van der Waals surface area contributed by atoms with Crippen LogP contribution in [0.15, 0.2) is 42.7 Å². The highest BCUT2D eigenvalue weighted by Crippen LogP contribution is 2.44. The molecular formula is C27H27N9O3. The molecule has 198 valence electrons. The van der Waals surface area contributed by atoms with Crippen LogP contribution in [0.5, 0.6) is 5.75 Å². The molecule has 3 aliphatic heterocycles. The second kappa shape index (κ2) is 9.38. The molecule has 0 amide bonds. The molecule has 7 rings (SSSR count). The lowest BCUT2D eigenvalue weighted by atomic mass is 9.70. The van der Waals surface area contributed by atoms with Crippen molar-refractivity contribution in [2.75, 3.05) is 31.1 Å². The van der Waals surface area contributed by atoms with Gasteiger partial charge in [0.15, 0.2) is 17.4 Å².